The van der Waals surface area contributed by atoms with Crippen molar-refractivity contribution in [2.45, 2.75) is 26.3 Å². The second kappa shape index (κ2) is 7.11. The molecule has 2 N–H and O–H groups in total. The van der Waals surface area contributed by atoms with Crippen LogP contribution in [0.25, 0.3) is 10.9 Å². The van der Waals surface area contributed by atoms with Gasteiger partial charge < -0.3 is 10.3 Å². The van der Waals surface area contributed by atoms with Crippen molar-refractivity contribution < 1.29 is 4.79 Å². The Kier molecular flexibility index (Phi) is 4.91. The average molecular weight is 355 g/mol. The molecule has 0 bridgehead atoms. The van der Waals surface area contributed by atoms with Gasteiger partial charge in [-0.1, -0.05) is 37.6 Å². The first-order chi connectivity index (χ1) is 11.9. The van der Waals surface area contributed by atoms with Crippen molar-refractivity contribution in [3.8, 4) is 0 Å². The van der Waals surface area contributed by atoms with Crippen LogP contribution in [0.1, 0.15) is 41.3 Å². The predicted molar refractivity (Wildman–Crippen MR) is 101 cm³/mol. The van der Waals surface area contributed by atoms with Gasteiger partial charge in [0.1, 0.15) is 0 Å². The predicted octanol–water partition coefficient (Wildman–Crippen LogP) is 4.23. The molecule has 1 amide bonds. The Balaban J connectivity index is 1.84. The summed E-state index contributed by atoms with van der Waals surface area (Å²) < 4.78 is 0. The third-order valence-electron chi connectivity index (χ3n) is 4.14. The van der Waals surface area contributed by atoms with Crippen LogP contribution in [0.15, 0.2) is 53.3 Å². The van der Waals surface area contributed by atoms with E-state index in [2.05, 4.69) is 30.2 Å². The summed E-state index contributed by atoms with van der Waals surface area (Å²) in [4.78, 5) is 27.3. The van der Waals surface area contributed by atoms with Gasteiger partial charge in [0.25, 0.3) is 11.5 Å². The Morgan fingerprint density at radius 1 is 1.16 bits per heavy atom. The number of amides is 1. The molecule has 0 aliphatic rings. The van der Waals surface area contributed by atoms with Crippen LogP contribution in [0.5, 0.6) is 0 Å². The molecule has 2 aromatic carbocycles. The van der Waals surface area contributed by atoms with Gasteiger partial charge in [-0.2, -0.15) is 0 Å². The molecule has 0 radical (unpaired) electrons. The molecule has 0 unspecified atom stereocenters. The van der Waals surface area contributed by atoms with Crippen molar-refractivity contribution in [1.29, 1.82) is 0 Å². The number of fused-ring (bicyclic) bond motifs is 1. The van der Waals surface area contributed by atoms with Gasteiger partial charge >= 0.3 is 0 Å². The zero-order valence-corrected chi connectivity index (χ0v) is 14.9. The van der Waals surface area contributed by atoms with E-state index in [4.69, 9.17) is 11.6 Å². The minimum atomic E-state index is -0.266. The molecule has 3 rings (SSSR count). The average Bonchev–Trinajstić information content (AvgIpc) is 2.59. The van der Waals surface area contributed by atoms with E-state index >= 15 is 0 Å². The summed E-state index contributed by atoms with van der Waals surface area (Å²) in [7, 11) is 0. The number of H-pyrrole nitrogens is 1. The fourth-order valence-electron chi connectivity index (χ4n) is 2.67. The Morgan fingerprint density at radius 2 is 1.96 bits per heavy atom. The molecular formula is C20H19ClN2O2. The molecule has 0 spiro atoms. The number of carbonyl (C=O) groups excluding carboxylic acids is 1. The number of aromatic amines is 1. The molecule has 25 heavy (non-hydrogen) atoms. The lowest BCUT2D eigenvalue weighted by atomic mass is 10.0. The second-order valence-electron chi connectivity index (χ2n) is 6.32. The fraction of sp³-hybridized carbons (Fsp3) is 0.200. The lowest BCUT2D eigenvalue weighted by Crippen LogP contribution is -2.26. The number of carbonyl (C=O) groups is 1. The third kappa shape index (κ3) is 3.91. The van der Waals surface area contributed by atoms with E-state index < -0.39 is 0 Å². The summed E-state index contributed by atoms with van der Waals surface area (Å²) in [5.74, 6) is 0.139. The number of hydrogen-bond donors (Lipinski definition) is 2. The quantitative estimate of drug-likeness (QED) is 0.736. The van der Waals surface area contributed by atoms with E-state index in [0.29, 0.717) is 22.1 Å². The normalized spacial score (nSPS) is 11.0. The highest BCUT2D eigenvalue weighted by Gasteiger charge is 2.09. The Labute approximate surface area is 150 Å². The summed E-state index contributed by atoms with van der Waals surface area (Å²) >= 11 is 5.90. The molecule has 0 saturated heterocycles. The van der Waals surface area contributed by atoms with Crippen molar-refractivity contribution >= 4 is 28.4 Å². The molecule has 0 fully saturated rings. The molecule has 1 heterocycles. The maximum atomic E-state index is 12.2. The largest absolute Gasteiger partial charge is 0.348 e. The topological polar surface area (TPSA) is 62.0 Å². The van der Waals surface area contributed by atoms with E-state index in [1.165, 1.54) is 5.56 Å². The number of nitrogens with one attached hydrogen (secondary N) is 2. The van der Waals surface area contributed by atoms with Crippen LogP contribution in [0.2, 0.25) is 5.02 Å². The maximum Gasteiger partial charge on any atom is 0.253 e. The van der Waals surface area contributed by atoms with Crippen molar-refractivity contribution in [2.75, 3.05) is 0 Å². The lowest BCUT2D eigenvalue weighted by molar-refractivity contribution is 0.0951. The number of aromatic nitrogens is 1. The van der Waals surface area contributed by atoms with E-state index in [0.717, 1.165) is 10.9 Å². The summed E-state index contributed by atoms with van der Waals surface area (Å²) in [6, 6.07) is 14.5. The zero-order valence-electron chi connectivity index (χ0n) is 14.1. The molecule has 0 aliphatic heterocycles. The second-order valence-corrected chi connectivity index (χ2v) is 6.75. The van der Waals surface area contributed by atoms with Crippen molar-refractivity contribution in [3.05, 3.63) is 80.6 Å². The van der Waals surface area contributed by atoms with Gasteiger partial charge in [-0.25, -0.2) is 0 Å². The van der Waals surface area contributed by atoms with Crippen LogP contribution >= 0.6 is 11.6 Å². The summed E-state index contributed by atoms with van der Waals surface area (Å²) in [6.07, 6.45) is 0. The van der Waals surface area contributed by atoms with Crippen LogP contribution in [0.4, 0.5) is 0 Å². The summed E-state index contributed by atoms with van der Waals surface area (Å²) in [5.41, 5.74) is 2.78. The Hall–Kier alpha value is -2.59. The minimum Gasteiger partial charge on any atom is -0.348 e. The first kappa shape index (κ1) is 17.2. The highest BCUT2D eigenvalue weighted by atomic mass is 35.5. The molecule has 0 saturated carbocycles. The molecule has 3 aromatic rings. The van der Waals surface area contributed by atoms with Gasteiger partial charge in [0.15, 0.2) is 0 Å². The Morgan fingerprint density at radius 3 is 2.68 bits per heavy atom. The first-order valence-electron chi connectivity index (χ1n) is 8.13. The smallest absolute Gasteiger partial charge is 0.253 e. The highest BCUT2D eigenvalue weighted by Crippen LogP contribution is 2.20. The monoisotopic (exact) mass is 354 g/mol. The SMILES string of the molecule is CC(C)c1ccc2[nH]c(=O)c(CNC(=O)c3cccc(Cl)c3)cc2c1. The zero-order chi connectivity index (χ0) is 18.0. The van der Waals surface area contributed by atoms with E-state index in [1.807, 2.05) is 18.2 Å². The van der Waals surface area contributed by atoms with Crippen molar-refractivity contribution in [2.24, 2.45) is 0 Å². The summed E-state index contributed by atoms with van der Waals surface area (Å²) in [6.45, 7) is 4.40. The molecule has 128 valence electrons. The van der Waals surface area contributed by atoms with E-state index in [1.54, 1.807) is 24.3 Å². The van der Waals surface area contributed by atoms with Gasteiger partial charge in [-0.3, -0.25) is 9.59 Å². The number of benzene rings is 2. The molecular weight excluding hydrogens is 336 g/mol. The van der Waals surface area contributed by atoms with Gasteiger partial charge in [-0.05, 0) is 53.3 Å². The molecule has 0 atom stereocenters. The lowest BCUT2D eigenvalue weighted by Gasteiger charge is -2.09. The third-order valence-corrected chi connectivity index (χ3v) is 4.37. The number of hydrogen-bond acceptors (Lipinski definition) is 2. The first-order valence-corrected chi connectivity index (χ1v) is 8.51. The Bertz CT molecular complexity index is 992. The van der Waals surface area contributed by atoms with Crippen LogP contribution in [-0.4, -0.2) is 10.9 Å². The molecule has 4 nitrogen and oxygen atoms in total. The van der Waals surface area contributed by atoms with Crippen LogP contribution in [0, 0.1) is 0 Å². The maximum absolute atomic E-state index is 12.2. The van der Waals surface area contributed by atoms with E-state index in [9.17, 15) is 9.59 Å². The fourth-order valence-corrected chi connectivity index (χ4v) is 2.86. The van der Waals surface area contributed by atoms with E-state index in [-0.39, 0.29) is 18.0 Å². The molecule has 0 aliphatic carbocycles. The van der Waals surface area contributed by atoms with Crippen molar-refractivity contribution in [3.63, 3.8) is 0 Å². The number of rotatable bonds is 4. The van der Waals surface area contributed by atoms with Crippen molar-refractivity contribution in [1.82, 2.24) is 10.3 Å². The minimum absolute atomic E-state index is 0.155. The molecule has 5 heteroatoms. The highest BCUT2D eigenvalue weighted by molar-refractivity contribution is 6.30. The number of pyridine rings is 1. The number of halogens is 1. The van der Waals surface area contributed by atoms with Gasteiger partial charge in [-0.15, -0.1) is 0 Å². The van der Waals surface area contributed by atoms with Crippen LogP contribution < -0.4 is 10.9 Å². The summed E-state index contributed by atoms with van der Waals surface area (Å²) in [5, 5.41) is 4.22. The van der Waals surface area contributed by atoms with Gasteiger partial charge in [0.2, 0.25) is 0 Å². The van der Waals surface area contributed by atoms with Crippen LogP contribution in [-0.2, 0) is 6.54 Å². The van der Waals surface area contributed by atoms with Gasteiger partial charge in [0.05, 0.1) is 0 Å². The standard InChI is InChI=1S/C20H19ClN2O2/c1-12(2)13-6-7-18-15(8-13)9-16(20(25)23-18)11-22-19(24)14-4-3-5-17(21)10-14/h3-10,12H,11H2,1-2H3,(H,22,24)(H,23,25). The van der Waals surface area contributed by atoms with Crippen LogP contribution in [0.3, 0.4) is 0 Å². The molecule has 1 aromatic heterocycles. The van der Waals surface area contributed by atoms with Gasteiger partial charge in [0, 0.05) is 28.2 Å².